The topological polar surface area (TPSA) is 60.7 Å². The lowest BCUT2D eigenvalue weighted by Crippen LogP contribution is -2.34. The minimum Gasteiger partial charge on any atom is -0.396 e. The van der Waals surface area contributed by atoms with Crippen LogP contribution in [0.3, 0.4) is 0 Å². The van der Waals surface area contributed by atoms with Crippen LogP contribution in [-0.2, 0) is 0 Å². The van der Waals surface area contributed by atoms with Gasteiger partial charge in [-0.2, -0.15) is 0 Å². The molecule has 0 aliphatic heterocycles. The van der Waals surface area contributed by atoms with Crippen molar-refractivity contribution in [1.29, 1.82) is 0 Å². The maximum Gasteiger partial charge on any atom is 0.169 e. The highest BCUT2D eigenvalue weighted by molar-refractivity contribution is 5.17. The molecule has 0 saturated heterocycles. The Hall–Kier alpha value is -0.380. The maximum absolute atomic E-state index is 9.38. The first kappa shape index (κ1) is 7.28. The van der Waals surface area contributed by atoms with Crippen LogP contribution >= 0.6 is 0 Å². The van der Waals surface area contributed by atoms with Gasteiger partial charge in [-0.25, -0.2) is 0 Å². The number of hydrogen-bond donors (Lipinski definition) is 3. The monoisotopic (exact) mass is 156 g/mol. The highest BCUT2D eigenvalue weighted by atomic mass is 16.5. The number of aliphatic hydroxyl groups is 3. The SMILES string of the molecule is OCC1C2C=CC1C(O)(O)C2. The van der Waals surface area contributed by atoms with Crippen LogP contribution in [0.1, 0.15) is 6.42 Å². The maximum atomic E-state index is 9.38. The van der Waals surface area contributed by atoms with Gasteiger partial charge in [-0.3, -0.25) is 0 Å². The van der Waals surface area contributed by atoms with Gasteiger partial charge in [-0.05, 0) is 11.8 Å². The van der Waals surface area contributed by atoms with Crippen molar-refractivity contribution >= 4 is 0 Å². The Labute approximate surface area is 65.0 Å². The molecule has 3 unspecified atom stereocenters. The molecule has 0 aromatic carbocycles. The molecule has 0 radical (unpaired) electrons. The van der Waals surface area contributed by atoms with E-state index in [9.17, 15) is 10.2 Å². The Bertz CT molecular complexity index is 198. The molecule has 2 rings (SSSR count). The van der Waals surface area contributed by atoms with Crippen molar-refractivity contribution in [2.24, 2.45) is 17.8 Å². The van der Waals surface area contributed by atoms with Crippen molar-refractivity contribution in [3.8, 4) is 0 Å². The average molecular weight is 156 g/mol. The Kier molecular flexibility index (Phi) is 1.36. The highest BCUT2D eigenvalue weighted by Gasteiger charge is 2.52. The Morgan fingerprint density at radius 2 is 2.09 bits per heavy atom. The molecule has 0 aromatic rings. The van der Waals surface area contributed by atoms with E-state index in [4.69, 9.17) is 5.11 Å². The molecule has 3 N–H and O–H groups in total. The third kappa shape index (κ3) is 0.851. The Balaban J connectivity index is 2.25. The molecule has 2 bridgehead atoms. The van der Waals surface area contributed by atoms with E-state index in [0.717, 1.165) is 0 Å². The third-order valence-electron chi connectivity index (χ3n) is 2.86. The van der Waals surface area contributed by atoms with Crippen LogP contribution in [0, 0.1) is 17.8 Å². The first-order valence-corrected chi connectivity index (χ1v) is 3.89. The zero-order valence-corrected chi connectivity index (χ0v) is 6.14. The summed E-state index contributed by atoms with van der Waals surface area (Å²) in [5.41, 5.74) is 0. The third-order valence-corrected chi connectivity index (χ3v) is 2.86. The van der Waals surface area contributed by atoms with Gasteiger partial charge in [0.1, 0.15) is 0 Å². The van der Waals surface area contributed by atoms with Crippen LogP contribution in [0.25, 0.3) is 0 Å². The summed E-state index contributed by atoms with van der Waals surface area (Å²) in [6, 6.07) is 0. The molecule has 2 aliphatic carbocycles. The van der Waals surface area contributed by atoms with Gasteiger partial charge in [0.15, 0.2) is 5.79 Å². The van der Waals surface area contributed by atoms with E-state index >= 15 is 0 Å². The lowest BCUT2D eigenvalue weighted by atomic mass is 9.96. The highest BCUT2D eigenvalue weighted by Crippen LogP contribution is 2.48. The molecule has 0 spiro atoms. The molecule has 3 atom stereocenters. The summed E-state index contributed by atoms with van der Waals surface area (Å²) in [5, 5.41) is 27.7. The normalized spacial score (nSPS) is 45.2. The Morgan fingerprint density at radius 1 is 1.36 bits per heavy atom. The van der Waals surface area contributed by atoms with Crippen molar-refractivity contribution in [1.82, 2.24) is 0 Å². The number of rotatable bonds is 1. The van der Waals surface area contributed by atoms with Gasteiger partial charge in [0.25, 0.3) is 0 Å². The molecule has 0 heterocycles. The molecule has 3 heteroatoms. The van der Waals surface area contributed by atoms with Gasteiger partial charge < -0.3 is 15.3 Å². The molecule has 3 nitrogen and oxygen atoms in total. The van der Waals surface area contributed by atoms with Gasteiger partial charge in [-0.1, -0.05) is 12.2 Å². The summed E-state index contributed by atoms with van der Waals surface area (Å²) in [6.45, 7) is 0.0468. The van der Waals surface area contributed by atoms with E-state index in [1.807, 2.05) is 6.08 Å². The molecule has 2 aliphatic rings. The van der Waals surface area contributed by atoms with E-state index < -0.39 is 5.79 Å². The van der Waals surface area contributed by atoms with Crippen LogP contribution in [-0.4, -0.2) is 27.7 Å². The van der Waals surface area contributed by atoms with Crippen LogP contribution in [0.2, 0.25) is 0 Å². The van der Waals surface area contributed by atoms with Crippen molar-refractivity contribution in [3.63, 3.8) is 0 Å². The lowest BCUT2D eigenvalue weighted by Gasteiger charge is -2.23. The molecule has 0 aromatic heterocycles. The van der Waals surface area contributed by atoms with Crippen LogP contribution in [0.4, 0.5) is 0 Å². The van der Waals surface area contributed by atoms with Gasteiger partial charge >= 0.3 is 0 Å². The van der Waals surface area contributed by atoms with Gasteiger partial charge in [-0.15, -0.1) is 0 Å². The lowest BCUT2D eigenvalue weighted by molar-refractivity contribution is -0.181. The van der Waals surface area contributed by atoms with Crippen LogP contribution < -0.4 is 0 Å². The fourth-order valence-corrected chi connectivity index (χ4v) is 2.26. The van der Waals surface area contributed by atoms with Crippen molar-refractivity contribution in [2.75, 3.05) is 6.61 Å². The van der Waals surface area contributed by atoms with Crippen molar-refractivity contribution in [3.05, 3.63) is 12.2 Å². The molecular weight excluding hydrogens is 144 g/mol. The first-order chi connectivity index (χ1) is 5.15. The molecule has 0 amide bonds. The minimum absolute atomic E-state index is 0.0324. The second-order valence-corrected chi connectivity index (χ2v) is 3.50. The molecule has 1 saturated carbocycles. The molecule has 11 heavy (non-hydrogen) atoms. The fraction of sp³-hybridized carbons (Fsp3) is 0.750. The summed E-state index contributed by atoms with van der Waals surface area (Å²) >= 11 is 0. The largest absolute Gasteiger partial charge is 0.396 e. The van der Waals surface area contributed by atoms with E-state index in [-0.39, 0.29) is 24.4 Å². The van der Waals surface area contributed by atoms with Gasteiger partial charge in [0.2, 0.25) is 0 Å². The zero-order chi connectivity index (χ0) is 8.06. The summed E-state index contributed by atoms with van der Waals surface area (Å²) in [7, 11) is 0. The fourth-order valence-electron chi connectivity index (χ4n) is 2.26. The summed E-state index contributed by atoms with van der Waals surface area (Å²) < 4.78 is 0. The predicted octanol–water partition coefficient (Wildman–Crippen LogP) is -0.518. The zero-order valence-electron chi connectivity index (χ0n) is 6.14. The molecule has 62 valence electrons. The number of hydrogen-bond acceptors (Lipinski definition) is 3. The van der Waals surface area contributed by atoms with Crippen molar-refractivity contribution < 1.29 is 15.3 Å². The Morgan fingerprint density at radius 3 is 2.36 bits per heavy atom. The number of fused-ring (bicyclic) bond motifs is 2. The van der Waals surface area contributed by atoms with Gasteiger partial charge in [0.05, 0.1) is 0 Å². The average Bonchev–Trinajstić information content (AvgIpc) is 2.39. The predicted molar refractivity (Wildman–Crippen MR) is 38.5 cm³/mol. The van der Waals surface area contributed by atoms with E-state index in [1.165, 1.54) is 0 Å². The first-order valence-electron chi connectivity index (χ1n) is 3.89. The quantitative estimate of drug-likeness (QED) is 0.353. The van der Waals surface area contributed by atoms with Gasteiger partial charge in [0, 0.05) is 18.9 Å². The van der Waals surface area contributed by atoms with E-state index in [0.29, 0.717) is 6.42 Å². The molecular formula is C8H12O3. The number of allylic oxidation sites excluding steroid dienone is 1. The van der Waals surface area contributed by atoms with Crippen LogP contribution in [0.15, 0.2) is 12.2 Å². The van der Waals surface area contributed by atoms with E-state index in [2.05, 4.69) is 0 Å². The summed E-state index contributed by atoms with van der Waals surface area (Å²) in [4.78, 5) is 0. The van der Waals surface area contributed by atoms with Crippen LogP contribution in [0.5, 0.6) is 0 Å². The standard InChI is InChI=1S/C8H12O3/c9-4-6-5-1-2-7(6)8(10,11)3-5/h1-2,5-7,9-11H,3-4H2. The minimum atomic E-state index is -1.56. The van der Waals surface area contributed by atoms with E-state index in [1.54, 1.807) is 6.08 Å². The molecule has 1 fully saturated rings. The second kappa shape index (κ2) is 2.06. The summed E-state index contributed by atoms with van der Waals surface area (Å²) in [5.74, 6) is -1.62. The van der Waals surface area contributed by atoms with Crippen molar-refractivity contribution in [2.45, 2.75) is 12.2 Å². The number of aliphatic hydroxyl groups excluding tert-OH is 1. The second-order valence-electron chi connectivity index (χ2n) is 3.50. The smallest absolute Gasteiger partial charge is 0.169 e. The summed E-state index contributed by atoms with van der Waals surface area (Å²) in [6.07, 6.45) is 4.14.